The van der Waals surface area contributed by atoms with Gasteiger partial charge >= 0.3 is 5.97 Å². The minimum atomic E-state index is -1.22. The van der Waals surface area contributed by atoms with E-state index in [1.165, 1.54) is 0 Å². The number of nitrogens with one attached hydrogen (secondary N) is 4. The highest BCUT2D eigenvalue weighted by molar-refractivity contribution is 7.80. The number of H-pyrrole nitrogens is 1. The van der Waals surface area contributed by atoms with Crippen molar-refractivity contribution in [2.75, 3.05) is 18.8 Å². The molecule has 2 rings (SSSR count). The lowest BCUT2D eigenvalue weighted by Gasteiger charge is -2.23. The van der Waals surface area contributed by atoms with Crippen molar-refractivity contribution in [3.05, 3.63) is 36.0 Å². The number of fused-ring (bicyclic) bond motifs is 1. The van der Waals surface area contributed by atoms with Crippen LogP contribution in [0.3, 0.4) is 0 Å². The van der Waals surface area contributed by atoms with Gasteiger partial charge in [-0.1, -0.05) is 24.6 Å². The lowest BCUT2D eigenvalue weighted by molar-refractivity contribution is -0.138. The summed E-state index contributed by atoms with van der Waals surface area (Å²) in [5.41, 5.74) is 13.2. The summed E-state index contributed by atoms with van der Waals surface area (Å²) in [7, 11) is 0. The Labute approximate surface area is 202 Å². The largest absolute Gasteiger partial charge is 0.480 e. The number of unbranched alkanes of at least 4 members (excludes halogenated alkanes) is 1. The fourth-order valence-electron chi connectivity index (χ4n) is 3.40. The van der Waals surface area contributed by atoms with E-state index in [2.05, 4.69) is 33.6 Å². The van der Waals surface area contributed by atoms with Gasteiger partial charge in [-0.2, -0.15) is 12.6 Å². The molecule has 0 saturated heterocycles. The fourth-order valence-corrected chi connectivity index (χ4v) is 3.66. The molecule has 9 N–H and O–H groups in total. The van der Waals surface area contributed by atoms with Crippen LogP contribution in [0.2, 0.25) is 0 Å². The molecule has 1 heterocycles. The number of aromatic amines is 1. The average Bonchev–Trinajstić information content (AvgIpc) is 3.23. The number of benzene rings is 1. The minimum absolute atomic E-state index is 0.0659. The lowest BCUT2D eigenvalue weighted by atomic mass is 10.0. The van der Waals surface area contributed by atoms with Crippen LogP contribution < -0.4 is 27.4 Å². The maximum atomic E-state index is 13.1. The van der Waals surface area contributed by atoms with Crippen molar-refractivity contribution in [2.45, 2.75) is 43.8 Å². The van der Waals surface area contributed by atoms with Crippen LogP contribution in [0.1, 0.15) is 24.8 Å². The molecule has 3 atom stereocenters. The van der Waals surface area contributed by atoms with Crippen LogP contribution in [0.15, 0.2) is 30.5 Å². The monoisotopic (exact) mass is 492 g/mol. The number of carbonyl (C=O) groups excluding carboxylic acids is 3. The molecule has 11 nitrogen and oxygen atoms in total. The molecule has 3 unspecified atom stereocenters. The van der Waals surface area contributed by atoms with Gasteiger partial charge in [0.2, 0.25) is 17.7 Å². The molecule has 0 aliphatic rings. The van der Waals surface area contributed by atoms with Gasteiger partial charge < -0.3 is 37.5 Å². The molecule has 0 bridgehead atoms. The van der Waals surface area contributed by atoms with Crippen molar-refractivity contribution in [3.63, 3.8) is 0 Å². The van der Waals surface area contributed by atoms with E-state index >= 15 is 0 Å². The molecular formula is C22H32N6O5S. The average molecular weight is 493 g/mol. The summed E-state index contributed by atoms with van der Waals surface area (Å²) in [4.78, 5) is 51.9. The first-order valence-corrected chi connectivity index (χ1v) is 11.6. The SMILES string of the molecule is NCCCCC(N)C(=O)NC(Cc1c[nH]c2ccccc12)C(=O)NC(CS)C(=O)NCC(=O)O. The second-order valence-corrected chi connectivity index (χ2v) is 8.24. The van der Waals surface area contributed by atoms with Crippen molar-refractivity contribution in [1.29, 1.82) is 0 Å². The number of aliphatic carboxylic acids is 1. The van der Waals surface area contributed by atoms with Crippen molar-refractivity contribution < 1.29 is 24.3 Å². The molecule has 0 aliphatic carbocycles. The number of thiol groups is 1. The van der Waals surface area contributed by atoms with Gasteiger partial charge in [-0.05, 0) is 31.0 Å². The van der Waals surface area contributed by atoms with E-state index in [9.17, 15) is 19.2 Å². The van der Waals surface area contributed by atoms with Gasteiger partial charge in [0.1, 0.15) is 18.6 Å². The molecule has 34 heavy (non-hydrogen) atoms. The van der Waals surface area contributed by atoms with Gasteiger partial charge in [-0.25, -0.2) is 0 Å². The van der Waals surface area contributed by atoms with Gasteiger partial charge in [0.05, 0.1) is 6.04 Å². The Morgan fingerprint density at radius 1 is 1.03 bits per heavy atom. The van der Waals surface area contributed by atoms with Crippen LogP contribution in [0, 0.1) is 0 Å². The number of aromatic nitrogens is 1. The van der Waals surface area contributed by atoms with Crippen LogP contribution in [0.5, 0.6) is 0 Å². The number of rotatable bonds is 14. The lowest BCUT2D eigenvalue weighted by Crippen LogP contribution is -2.57. The van der Waals surface area contributed by atoms with Gasteiger partial charge in [0.25, 0.3) is 0 Å². The van der Waals surface area contributed by atoms with E-state index in [-0.39, 0.29) is 12.2 Å². The smallest absolute Gasteiger partial charge is 0.322 e. The highest BCUT2D eigenvalue weighted by Gasteiger charge is 2.28. The predicted octanol–water partition coefficient (Wildman–Crippen LogP) is -0.733. The number of nitrogens with two attached hydrogens (primary N) is 2. The molecule has 3 amide bonds. The van der Waals surface area contributed by atoms with E-state index in [0.717, 1.165) is 22.9 Å². The summed E-state index contributed by atoms with van der Waals surface area (Å²) in [6.07, 6.45) is 3.73. The molecule has 12 heteroatoms. The van der Waals surface area contributed by atoms with Gasteiger partial charge in [0, 0.05) is 29.3 Å². The predicted molar refractivity (Wildman–Crippen MR) is 131 cm³/mol. The maximum absolute atomic E-state index is 13.1. The van der Waals surface area contributed by atoms with Crippen molar-refractivity contribution in [3.8, 4) is 0 Å². The highest BCUT2D eigenvalue weighted by atomic mass is 32.1. The molecule has 2 aromatic rings. The molecule has 1 aromatic carbocycles. The third kappa shape index (κ3) is 8.04. The zero-order valence-electron chi connectivity index (χ0n) is 18.8. The Morgan fingerprint density at radius 3 is 2.41 bits per heavy atom. The second-order valence-electron chi connectivity index (χ2n) is 7.87. The molecule has 0 aliphatic heterocycles. The minimum Gasteiger partial charge on any atom is -0.480 e. The molecule has 0 spiro atoms. The van der Waals surface area contributed by atoms with E-state index in [4.69, 9.17) is 16.6 Å². The Kier molecular flexibility index (Phi) is 10.8. The van der Waals surface area contributed by atoms with Gasteiger partial charge in [0.15, 0.2) is 0 Å². The normalized spacial score (nSPS) is 13.6. The fraction of sp³-hybridized carbons (Fsp3) is 0.455. The van der Waals surface area contributed by atoms with Crippen LogP contribution in [-0.2, 0) is 25.6 Å². The standard InChI is InChI=1S/C22H32N6O5S/c23-8-4-3-6-15(24)20(31)27-17(9-13-10-25-16-7-2-1-5-14(13)16)22(33)28-18(12-34)21(32)26-11-19(29)30/h1-2,5,7,10,15,17-18,25,34H,3-4,6,8-9,11-12,23-24H2,(H,26,32)(H,27,31)(H,28,33)(H,29,30). The second kappa shape index (κ2) is 13.6. The van der Waals surface area contributed by atoms with Gasteiger partial charge in [-0.3, -0.25) is 19.2 Å². The third-order valence-corrected chi connectivity index (χ3v) is 5.63. The Bertz CT molecular complexity index is 997. The first-order chi connectivity index (χ1) is 16.3. The number of carboxylic acids is 1. The summed E-state index contributed by atoms with van der Waals surface area (Å²) >= 11 is 4.08. The van der Waals surface area contributed by atoms with Crippen molar-refractivity contribution in [1.82, 2.24) is 20.9 Å². The molecule has 0 saturated carbocycles. The zero-order valence-corrected chi connectivity index (χ0v) is 19.6. The Hall–Kier alpha value is -3.09. The number of carboxylic acid groups (broad SMARTS) is 1. The van der Waals surface area contributed by atoms with Crippen LogP contribution in [0.25, 0.3) is 10.9 Å². The van der Waals surface area contributed by atoms with E-state index in [1.807, 2.05) is 24.3 Å². The Balaban J connectivity index is 2.17. The number of para-hydroxylation sites is 1. The number of hydrogen-bond acceptors (Lipinski definition) is 7. The van der Waals surface area contributed by atoms with Crippen molar-refractivity contribution in [2.24, 2.45) is 11.5 Å². The zero-order chi connectivity index (χ0) is 25.1. The number of amides is 3. The molecule has 1 aromatic heterocycles. The summed E-state index contributed by atoms with van der Waals surface area (Å²) in [6.45, 7) is -0.0961. The van der Waals surface area contributed by atoms with E-state index < -0.39 is 48.4 Å². The number of hydrogen-bond donors (Lipinski definition) is 8. The summed E-state index contributed by atoms with van der Waals surface area (Å²) in [5, 5.41) is 17.1. The van der Waals surface area contributed by atoms with Crippen LogP contribution >= 0.6 is 12.6 Å². The quantitative estimate of drug-likeness (QED) is 0.126. The molecule has 0 radical (unpaired) electrons. The van der Waals surface area contributed by atoms with Crippen molar-refractivity contribution >= 4 is 47.2 Å². The number of carbonyl (C=O) groups is 4. The first-order valence-electron chi connectivity index (χ1n) is 11.0. The molecular weight excluding hydrogens is 460 g/mol. The summed E-state index contributed by atoms with van der Waals surface area (Å²) in [5.74, 6) is -3.08. The highest BCUT2D eigenvalue weighted by Crippen LogP contribution is 2.19. The van der Waals surface area contributed by atoms with E-state index in [1.54, 1.807) is 6.20 Å². The van der Waals surface area contributed by atoms with Crippen LogP contribution in [-0.4, -0.2) is 70.7 Å². The summed E-state index contributed by atoms with van der Waals surface area (Å²) in [6, 6.07) is 4.60. The van der Waals surface area contributed by atoms with E-state index in [0.29, 0.717) is 19.4 Å². The molecule has 186 valence electrons. The van der Waals surface area contributed by atoms with Crippen LogP contribution in [0.4, 0.5) is 0 Å². The third-order valence-electron chi connectivity index (χ3n) is 5.27. The maximum Gasteiger partial charge on any atom is 0.322 e. The Morgan fingerprint density at radius 2 is 1.74 bits per heavy atom. The first kappa shape index (κ1) is 27.2. The topological polar surface area (TPSA) is 192 Å². The summed E-state index contributed by atoms with van der Waals surface area (Å²) < 4.78 is 0. The molecule has 0 fully saturated rings. The van der Waals surface area contributed by atoms with Gasteiger partial charge in [-0.15, -0.1) is 0 Å².